The van der Waals surface area contributed by atoms with Gasteiger partial charge in [-0.25, -0.2) is 0 Å². The first-order valence-electron chi connectivity index (χ1n) is 15.2. The second-order valence-electron chi connectivity index (χ2n) is 12.1. The monoisotopic (exact) mass is 582 g/mol. The fourth-order valence-corrected chi connectivity index (χ4v) is 4.87. The van der Waals surface area contributed by atoms with E-state index in [1.165, 1.54) is 25.7 Å². The zero-order valence-corrected chi connectivity index (χ0v) is 25.6. The molecule has 0 saturated carbocycles. The van der Waals surface area contributed by atoms with Gasteiger partial charge in [0.25, 0.3) is 5.89 Å². The molecule has 0 aliphatic heterocycles. The average Bonchev–Trinajstić information content (AvgIpc) is 3.49. The number of nitrogens with zero attached hydrogens (tertiary/aromatic N) is 2. The van der Waals surface area contributed by atoms with E-state index in [1.54, 1.807) is 12.1 Å². The highest BCUT2D eigenvalue weighted by atomic mass is 16.5. The Bertz CT molecular complexity index is 1470. The molecule has 3 aromatic carbocycles. The number of hydrogen-bond acceptors (Lipinski definition) is 6. The van der Waals surface area contributed by atoms with Crippen LogP contribution in [0.1, 0.15) is 87.7 Å². The number of Topliss-reactive ketones (excluding diaryl/α,β-unsaturated/α-hetero) is 1. The van der Waals surface area contributed by atoms with Crippen LogP contribution in [0.2, 0.25) is 0 Å². The third-order valence-electron chi connectivity index (χ3n) is 7.59. The Labute approximate surface area is 254 Å². The molecule has 1 atom stereocenters. The molecule has 0 bridgehead atoms. The number of rotatable bonds is 15. The van der Waals surface area contributed by atoms with Crippen molar-refractivity contribution in [2.75, 3.05) is 6.61 Å². The number of aliphatic carboxylic acids is 1. The van der Waals surface area contributed by atoms with Gasteiger partial charge in [0.05, 0.1) is 12.5 Å². The SMILES string of the molecule is CCCCCCCOc1ccc(-c2noc(-c3ccc(C[C@H](CC(=O)c4ccc(C(C)(C)C)cc4)C(=O)O)cc3)n2)cc1. The van der Waals surface area contributed by atoms with E-state index in [9.17, 15) is 14.7 Å². The molecule has 0 aliphatic carbocycles. The second-order valence-corrected chi connectivity index (χ2v) is 12.1. The van der Waals surface area contributed by atoms with Gasteiger partial charge in [0, 0.05) is 23.1 Å². The highest BCUT2D eigenvalue weighted by Gasteiger charge is 2.23. The number of unbranched alkanes of at least 4 members (excludes halogenated alkanes) is 4. The molecular weight excluding hydrogens is 540 g/mol. The number of aromatic nitrogens is 2. The molecule has 0 fully saturated rings. The molecule has 0 amide bonds. The zero-order chi connectivity index (χ0) is 30.8. The van der Waals surface area contributed by atoms with Gasteiger partial charge in [0.1, 0.15) is 5.75 Å². The van der Waals surface area contributed by atoms with Crippen LogP contribution in [0.4, 0.5) is 0 Å². The summed E-state index contributed by atoms with van der Waals surface area (Å²) in [5, 5.41) is 14.0. The smallest absolute Gasteiger partial charge is 0.307 e. The van der Waals surface area contributed by atoms with E-state index in [0.717, 1.165) is 34.4 Å². The number of hydrogen-bond donors (Lipinski definition) is 1. The van der Waals surface area contributed by atoms with Crippen molar-refractivity contribution in [1.82, 2.24) is 10.1 Å². The third-order valence-corrected chi connectivity index (χ3v) is 7.59. The molecule has 7 nitrogen and oxygen atoms in total. The fraction of sp³-hybridized carbons (Fsp3) is 0.389. The van der Waals surface area contributed by atoms with Gasteiger partial charge >= 0.3 is 5.97 Å². The Balaban J connectivity index is 1.33. The second kappa shape index (κ2) is 14.8. The number of ketones is 1. The Hall–Kier alpha value is -4.26. The van der Waals surface area contributed by atoms with E-state index >= 15 is 0 Å². The Kier molecular flexibility index (Phi) is 10.9. The van der Waals surface area contributed by atoms with Crippen LogP contribution < -0.4 is 4.74 Å². The largest absolute Gasteiger partial charge is 0.494 e. The number of benzene rings is 3. The van der Waals surface area contributed by atoms with Crippen LogP contribution in [0.25, 0.3) is 22.8 Å². The van der Waals surface area contributed by atoms with Crippen molar-refractivity contribution < 1.29 is 24.0 Å². The molecule has 0 aliphatic rings. The minimum Gasteiger partial charge on any atom is -0.494 e. The van der Waals surface area contributed by atoms with Crippen molar-refractivity contribution in [3.8, 4) is 28.6 Å². The molecule has 226 valence electrons. The summed E-state index contributed by atoms with van der Waals surface area (Å²) in [5.74, 6) is -0.330. The zero-order valence-electron chi connectivity index (χ0n) is 25.6. The van der Waals surface area contributed by atoms with Crippen LogP contribution in [0.5, 0.6) is 5.75 Å². The van der Waals surface area contributed by atoms with E-state index in [2.05, 4.69) is 37.8 Å². The summed E-state index contributed by atoms with van der Waals surface area (Å²) in [6.07, 6.45) is 6.16. The van der Waals surface area contributed by atoms with Crippen molar-refractivity contribution in [2.24, 2.45) is 5.92 Å². The predicted molar refractivity (Wildman–Crippen MR) is 168 cm³/mol. The summed E-state index contributed by atoms with van der Waals surface area (Å²) in [6.45, 7) is 9.25. The van der Waals surface area contributed by atoms with Gasteiger partial charge in [0.15, 0.2) is 5.78 Å². The van der Waals surface area contributed by atoms with Crippen LogP contribution in [0.3, 0.4) is 0 Å². The number of carboxylic acids is 1. The molecule has 1 heterocycles. The predicted octanol–water partition coefficient (Wildman–Crippen LogP) is 8.57. The van der Waals surface area contributed by atoms with Gasteiger partial charge in [-0.2, -0.15) is 4.98 Å². The normalized spacial score (nSPS) is 12.2. The Morgan fingerprint density at radius 2 is 1.51 bits per heavy atom. The lowest BCUT2D eigenvalue weighted by molar-refractivity contribution is -0.141. The molecule has 1 aromatic heterocycles. The van der Waals surface area contributed by atoms with E-state index in [4.69, 9.17) is 9.26 Å². The standard InChI is InChI=1S/C36H42N2O5/c1-5-6-7-8-9-22-42-31-20-16-27(17-21-31)33-37-34(43-38-33)28-12-10-25(11-13-28)23-29(35(40)41)24-32(39)26-14-18-30(19-15-26)36(2,3)4/h10-21,29H,5-9,22-24H2,1-4H3,(H,40,41)/t29-/m1/s1. The maximum atomic E-state index is 12.9. The summed E-state index contributed by atoms with van der Waals surface area (Å²) in [4.78, 5) is 29.4. The Morgan fingerprint density at radius 1 is 0.860 bits per heavy atom. The first-order valence-corrected chi connectivity index (χ1v) is 15.2. The molecule has 7 heteroatoms. The van der Waals surface area contributed by atoms with Crippen LogP contribution >= 0.6 is 0 Å². The van der Waals surface area contributed by atoms with Crippen molar-refractivity contribution in [3.05, 3.63) is 89.5 Å². The summed E-state index contributed by atoms with van der Waals surface area (Å²) < 4.78 is 11.4. The fourth-order valence-electron chi connectivity index (χ4n) is 4.87. The average molecular weight is 583 g/mol. The van der Waals surface area contributed by atoms with E-state index in [-0.39, 0.29) is 24.0 Å². The molecule has 4 rings (SSSR count). The first kappa shape index (κ1) is 31.7. The highest BCUT2D eigenvalue weighted by molar-refractivity contribution is 5.98. The lowest BCUT2D eigenvalue weighted by atomic mass is 9.86. The molecule has 0 spiro atoms. The molecular formula is C36H42N2O5. The summed E-state index contributed by atoms with van der Waals surface area (Å²) in [6, 6.07) is 22.4. The van der Waals surface area contributed by atoms with Crippen molar-refractivity contribution in [3.63, 3.8) is 0 Å². The van der Waals surface area contributed by atoms with Gasteiger partial charge in [-0.05, 0) is 65.8 Å². The highest BCUT2D eigenvalue weighted by Crippen LogP contribution is 2.26. The van der Waals surface area contributed by atoms with Gasteiger partial charge in [-0.1, -0.05) is 94.9 Å². The van der Waals surface area contributed by atoms with Gasteiger partial charge in [0.2, 0.25) is 5.82 Å². The van der Waals surface area contributed by atoms with E-state index < -0.39 is 11.9 Å². The Morgan fingerprint density at radius 3 is 2.14 bits per heavy atom. The first-order chi connectivity index (χ1) is 20.6. The number of carboxylic acid groups (broad SMARTS) is 1. The minimum atomic E-state index is -0.992. The molecule has 1 N–H and O–H groups in total. The summed E-state index contributed by atoms with van der Waals surface area (Å²) >= 11 is 0. The lowest BCUT2D eigenvalue weighted by Crippen LogP contribution is -2.20. The van der Waals surface area contributed by atoms with Crippen LogP contribution in [-0.2, 0) is 16.6 Å². The molecule has 0 saturated heterocycles. The van der Waals surface area contributed by atoms with Crippen molar-refractivity contribution in [2.45, 2.75) is 78.1 Å². The van der Waals surface area contributed by atoms with E-state index in [1.807, 2.05) is 60.7 Å². The van der Waals surface area contributed by atoms with Crippen molar-refractivity contribution in [1.29, 1.82) is 0 Å². The van der Waals surface area contributed by atoms with Crippen molar-refractivity contribution >= 4 is 11.8 Å². The summed E-state index contributed by atoms with van der Waals surface area (Å²) in [7, 11) is 0. The van der Waals surface area contributed by atoms with Crippen LogP contribution in [0, 0.1) is 5.92 Å². The number of ether oxygens (including phenoxy) is 1. The van der Waals surface area contributed by atoms with Crippen LogP contribution in [-0.4, -0.2) is 33.6 Å². The third kappa shape index (κ3) is 9.11. The maximum absolute atomic E-state index is 12.9. The van der Waals surface area contributed by atoms with Gasteiger partial charge in [-0.15, -0.1) is 0 Å². The number of carbonyl (C=O) groups excluding carboxylic acids is 1. The molecule has 0 radical (unpaired) electrons. The molecule has 4 aromatic rings. The molecule has 43 heavy (non-hydrogen) atoms. The van der Waals surface area contributed by atoms with E-state index in [0.29, 0.717) is 23.9 Å². The maximum Gasteiger partial charge on any atom is 0.307 e. The number of carbonyl (C=O) groups is 2. The van der Waals surface area contributed by atoms with Gasteiger partial charge < -0.3 is 14.4 Å². The quantitative estimate of drug-likeness (QED) is 0.111. The minimum absolute atomic E-state index is 0.0200. The topological polar surface area (TPSA) is 103 Å². The van der Waals surface area contributed by atoms with Crippen LogP contribution in [0.15, 0.2) is 77.3 Å². The molecule has 0 unspecified atom stereocenters. The lowest BCUT2D eigenvalue weighted by Gasteiger charge is -2.19. The summed E-state index contributed by atoms with van der Waals surface area (Å²) in [5.41, 5.74) is 4.00. The van der Waals surface area contributed by atoms with Gasteiger partial charge in [-0.3, -0.25) is 9.59 Å².